The van der Waals surface area contributed by atoms with Gasteiger partial charge in [-0.05, 0) is 24.8 Å². The number of aryl methyl sites for hydroxylation is 1. The van der Waals surface area contributed by atoms with Gasteiger partial charge in [-0.2, -0.15) is 0 Å². The van der Waals surface area contributed by atoms with Crippen molar-refractivity contribution in [2.45, 2.75) is 18.6 Å². The maximum Gasteiger partial charge on any atom is 0.244 e. The number of benzene rings is 1. The number of nitrogens with one attached hydrogen (secondary N) is 1. The van der Waals surface area contributed by atoms with Crippen LogP contribution in [0.4, 0.5) is 11.6 Å². The van der Waals surface area contributed by atoms with Crippen LogP contribution in [0.1, 0.15) is 5.56 Å². The molecule has 0 saturated carbocycles. The summed E-state index contributed by atoms with van der Waals surface area (Å²) < 4.78 is 1.58. The molecule has 1 aromatic heterocycles. The number of nitrogens with zero attached hydrogens (tertiary/aromatic N) is 3. The molecule has 2 rings (SSSR count). The minimum absolute atomic E-state index is 0.101. The second-order valence-corrected chi connectivity index (χ2v) is 4.77. The summed E-state index contributed by atoms with van der Waals surface area (Å²) in [6.45, 7) is 2.04. The lowest BCUT2D eigenvalue weighted by molar-refractivity contribution is -0.116. The van der Waals surface area contributed by atoms with E-state index in [1.165, 1.54) is 11.8 Å². The van der Waals surface area contributed by atoms with Crippen LogP contribution in [0, 0.1) is 6.92 Å². The second kappa shape index (κ2) is 5.75. The normalized spacial score (nSPS) is 10.4. The first-order chi connectivity index (χ1) is 9.11. The van der Waals surface area contributed by atoms with Gasteiger partial charge in [0, 0.05) is 5.69 Å². The summed E-state index contributed by atoms with van der Waals surface area (Å²) in [5, 5.41) is 11.1. The number of carbonyl (C=O) groups is 1. The molecule has 0 saturated heterocycles. The summed E-state index contributed by atoms with van der Waals surface area (Å²) in [5.74, 6) is 0.0837. The average molecular weight is 277 g/mol. The molecule has 6 nitrogen and oxygen atoms in total. The number of hydrogen-bond donors (Lipinski definition) is 2. The molecule has 2 aromatic rings. The Morgan fingerprint density at radius 1 is 1.42 bits per heavy atom. The third-order valence-electron chi connectivity index (χ3n) is 2.65. The number of rotatable bonds is 4. The van der Waals surface area contributed by atoms with Crippen molar-refractivity contribution in [2.75, 3.05) is 17.3 Å². The number of hydrogen-bond acceptors (Lipinski definition) is 5. The first-order valence-electron chi connectivity index (χ1n) is 5.70. The molecule has 0 aliphatic rings. The van der Waals surface area contributed by atoms with E-state index in [0.717, 1.165) is 11.3 Å². The molecule has 0 aliphatic heterocycles. The van der Waals surface area contributed by atoms with Crippen LogP contribution in [0.15, 0.2) is 29.4 Å². The summed E-state index contributed by atoms with van der Waals surface area (Å²) >= 11 is 1.40. The molecule has 0 bridgehead atoms. The van der Waals surface area contributed by atoms with Crippen LogP contribution >= 0.6 is 11.8 Å². The van der Waals surface area contributed by atoms with Crippen molar-refractivity contribution < 1.29 is 4.79 Å². The maximum atomic E-state index is 12.0. The number of nitrogen functional groups attached to an aromatic ring is 1. The van der Waals surface area contributed by atoms with Crippen LogP contribution in [0.5, 0.6) is 0 Å². The van der Waals surface area contributed by atoms with Crippen molar-refractivity contribution in [1.29, 1.82) is 0 Å². The monoisotopic (exact) mass is 277 g/mol. The molecule has 1 aromatic carbocycles. The predicted octanol–water partition coefficient (Wildman–Crippen LogP) is 1.53. The minimum atomic E-state index is -0.156. The summed E-state index contributed by atoms with van der Waals surface area (Å²) in [6, 6.07) is 7.60. The summed E-state index contributed by atoms with van der Waals surface area (Å²) in [7, 11) is 0. The quantitative estimate of drug-likeness (QED) is 0.828. The Morgan fingerprint density at radius 2 is 2.16 bits per heavy atom. The molecule has 0 spiro atoms. The Morgan fingerprint density at radius 3 is 2.84 bits per heavy atom. The highest BCUT2D eigenvalue weighted by Crippen LogP contribution is 2.16. The minimum Gasteiger partial charge on any atom is -0.368 e. The van der Waals surface area contributed by atoms with E-state index in [1.807, 2.05) is 37.4 Å². The molecule has 1 heterocycles. The largest absolute Gasteiger partial charge is 0.368 e. The number of carbonyl (C=O) groups excluding carboxylic acids is 1. The molecule has 19 heavy (non-hydrogen) atoms. The Hall–Kier alpha value is -2.02. The van der Waals surface area contributed by atoms with Gasteiger partial charge in [0.05, 0.1) is 0 Å². The van der Waals surface area contributed by atoms with Gasteiger partial charge >= 0.3 is 0 Å². The van der Waals surface area contributed by atoms with Crippen molar-refractivity contribution in [3.8, 4) is 0 Å². The third-order valence-corrected chi connectivity index (χ3v) is 3.32. The average Bonchev–Trinajstić information content (AvgIpc) is 2.73. The number of amides is 1. The molecule has 1 amide bonds. The van der Waals surface area contributed by atoms with Gasteiger partial charge in [0.2, 0.25) is 11.9 Å². The van der Waals surface area contributed by atoms with Crippen LogP contribution in [0.25, 0.3) is 0 Å². The SMILES string of the molecule is CSc1nnc(N)n1CC(=O)Nc1ccccc1C. The van der Waals surface area contributed by atoms with Crippen LogP contribution in [0.2, 0.25) is 0 Å². The van der Waals surface area contributed by atoms with Gasteiger partial charge < -0.3 is 11.1 Å². The Balaban J connectivity index is 2.10. The molecular formula is C12H15N5OS. The lowest BCUT2D eigenvalue weighted by atomic mass is 10.2. The fraction of sp³-hybridized carbons (Fsp3) is 0.250. The number of anilines is 2. The van der Waals surface area contributed by atoms with Crippen LogP contribution in [-0.2, 0) is 11.3 Å². The zero-order valence-electron chi connectivity index (χ0n) is 10.8. The van der Waals surface area contributed by atoms with Gasteiger partial charge in [-0.3, -0.25) is 9.36 Å². The van der Waals surface area contributed by atoms with Crippen molar-refractivity contribution in [3.05, 3.63) is 29.8 Å². The van der Waals surface area contributed by atoms with Crippen molar-refractivity contribution in [2.24, 2.45) is 0 Å². The smallest absolute Gasteiger partial charge is 0.244 e. The summed E-state index contributed by atoms with van der Waals surface area (Å²) in [4.78, 5) is 12.0. The number of thioether (sulfide) groups is 1. The van der Waals surface area contributed by atoms with Gasteiger partial charge in [0.25, 0.3) is 0 Å². The molecule has 0 unspecified atom stereocenters. The first-order valence-corrected chi connectivity index (χ1v) is 6.92. The molecule has 0 atom stereocenters. The molecule has 7 heteroatoms. The van der Waals surface area contributed by atoms with E-state index in [0.29, 0.717) is 5.16 Å². The standard InChI is InChI=1S/C12H15N5OS/c1-8-5-3-4-6-9(8)14-10(18)7-17-11(13)15-16-12(17)19-2/h3-6H,7H2,1-2H3,(H2,13,15)(H,14,18). The van der Waals surface area contributed by atoms with Crippen molar-refractivity contribution >= 4 is 29.3 Å². The van der Waals surface area contributed by atoms with E-state index < -0.39 is 0 Å². The maximum absolute atomic E-state index is 12.0. The van der Waals surface area contributed by atoms with Crippen LogP contribution in [-0.4, -0.2) is 26.9 Å². The fourth-order valence-corrected chi connectivity index (χ4v) is 2.15. The van der Waals surface area contributed by atoms with Gasteiger partial charge in [-0.15, -0.1) is 10.2 Å². The van der Waals surface area contributed by atoms with E-state index in [2.05, 4.69) is 15.5 Å². The molecular weight excluding hydrogens is 262 g/mol. The van der Waals surface area contributed by atoms with E-state index in [4.69, 9.17) is 5.73 Å². The number of para-hydroxylation sites is 1. The number of aromatic nitrogens is 3. The Bertz CT molecular complexity index is 596. The van der Waals surface area contributed by atoms with E-state index >= 15 is 0 Å². The molecule has 0 aliphatic carbocycles. The van der Waals surface area contributed by atoms with Gasteiger partial charge in [0.15, 0.2) is 5.16 Å². The van der Waals surface area contributed by atoms with E-state index in [1.54, 1.807) is 4.57 Å². The fourth-order valence-electron chi connectivity index (χ4n) is 1.65. The van der Waals surface area contributed by atoms with Gasteiger partial charge in [-0.25, -0.2) is 0 Å². The van der Waals surface area contributed by atoms with Crippen LogP contribution < -0.4 is 11.1 Å². The highest BCUT2D eigenvalue weighted by Gasteiger charge is 2.12. The topological polar surface area (TPSA) is 85.8 Å². The predicted molar refractivity (Wildman–Crippen MR) is 76.0 cm³/mol. The van der Waals surface area contributed by atoms with Crippen molar-refractivity contribution in [1.82, 2.24) is 14.8 Å². The van der Waals surface area contributed by atoms with E-state index in [9.17, 15) is 4.79 Å². The highest BCUT2D eigenvalue weighted by atomic mass is 32.2. The lowest BCUT2D eigenvalue weighted by Crippen LogP contribution is -2.20. The summed E-state index contributed by atoms with van der Waals surface area (Å²) in [5.41, 5.74) is 7.49. The zero-order valence-corrected chi connectivity index (χ0v) is 11.6. The van der Waals surface area contributed by atoms with E-state index in [-0.39, 0.29) is 18.4 Å². The zero-order chi connectivity index (χ0) is 13.8. The highest BCUT2D eigenvalue weighted by molar-refractivity contribution is 7.98. The Labute approximate surface area is 115 Å². The number of nitrogens with two attached hydrogens (primary N) is 1. The first kappa shape index (κ1) is 13.4. The van der Waals surface area contributed by atoms with Crippen LogP contribution in [0.3, 0.4) is 0 Å². The lowest BCUT2D eigenvalue weighted by Gasteiger charge is -2.09. The molecule has 100 valence electrons. The van der Waals surface area contributed by atoms with Gasteiger partial charge in [-0.1, -0.05) is 30.0 Å². The Kier molecular flexibility index (Phi) is 4.06. The summed E-state index contributed by atoms with van der Waals surface area (Å²) in [6.07, 6.45) is 1.86. The molecule has 0 fully saturated rings. The molecule has 3 N–H and O–H groups in total. The van der Waals surface area contributed by atoms with Crippen molar-refractivity contribution in [3.63, 3.8) is 0 Å². The van der Waals surface area contributed by atoms with Gasteiger partial charge in [0.1, 0.15) is 6.54 Å². The molecule has 0 radical (unpaired) electrons. The second-order valence-electron chi connectivity index (χ2n) is 3.99. The third kappa shape index (κ3) is 3.05.